The Morgan fingerprint density at radius 1 is 1.46 bits per heavy atom. The first kappa shape index (κ1) is 10.6. The molecule has 76 valence electrons. The van der Waals surface area contributed by atoms with Gasteiger partial charge in [0.25, 0.3) is 0 Å². The van der Waals surface area contributed by atoms with Gasteiger partial charge in [0.15, 0.2) is 0 Å². The zero-order valence-corrected chi connectivity index (χ0v) is 8.46. The van der Waals surface area contributed by atoms with Gasteiger partial charge >= 0.3 is 6.09 Å². The van der Waals surface area contributed by atoms with Crippen molar-refractivity contribution in [3.05, 3.63) is 0 Å². The van der Waals surface area contributed by atoms with Crippen molar-refractivity contribution < 1.29 is 9.90 Å². The van der Waals surface area contributed by atoms with Crippen LogP contribution >= 0.6 is 11.6 Å². The standard InChI is InChI=1S/C9H16ClNO2/c10-5-1-2-8-3-6-11(7-4-8)9(12)13/h8H,1-7H2,(H,12,13). The lowest BCUT2D eigenvalue weighted by Crippen LogP contribution is -2.37. The zero-order chi connectivity index (χ0) is 9.68. The number of carboxylic acid groups (broad SMARTS) is 1. The van der Waals surface area contributed by atoms with Crippen molar-refractivity contribution in [2.24, 2.45) is 5.92 Å². The van der Waals surface area contributed by atoms with Gasteiger partial charge in [-0.3, -0.25) is 0 Å². The lowest BCUT2D eigenvalue weighted by molar-refractivity contribution is 0.123. The Morgan fingerprint density at radius 2 is 2.08 bits per heavy atom. The van der Waals surface area contributed by atoms with Crippen LogP contribution < -0.4 is 0 Å². The molecular formula is C9H16ClNO2. The molecule has 0 atom stereocenters. The van der Waals surface area contributed by atoms with E-state index in [0.29, 0.717) is 19.0 Å². The van der Waals surface area contributed by atoms with Gasteiger partial charge in [0.2, 0.25) is 0 Å². The minimum Gasteiger partial charge on any atom is -0.465 e. The number of alkyl halides is 1. The summed E-state index contributed by atoms with van der Waals surface area (Å²) in [6.45, 7) is 1.39. The molecule has 1 fully saturated rings. The highest BCUT2D eigenvalue weighted by molar-refractivity contribution is 6.17. The Labute approximate surface area is 83.7 Å². The molecule has 0 aliphatic carbocycles. The second-order valence-corrected chi connectivity index (χ2v) is 3.92. The van der Waals surface area contributed by atoms with Crippen molar-refractivity contribution in [3.63, 3.8) is 0 Å². The second-order valence-electron chi connectivity index (χ2n) is 3.54. The normalized spacial score (nSPS) is 19.0. The maximum absolute atomic E-state index is 10.6. The third-order valence-corrected chi connectivity index (χ3v) is 2.90. The fourth-order valence-electron chi connectivity index (χ4n) is 1.78. The molecule has 0 radical (unpaired) electrons. The molecule has 3 nitrogen and oxygen atoms in total. The van der Waals surface area contributed by atoms with Gasteiger partial charge in [-0.15, -0.1) is 11.6 Å². The maximum Gasteiger partial charge on any atom is 0.407 e. The number of nitrogens with zero attached hydrogens (tertiary/aromatic N) is 1. The van der Waals surface area contributed by atoms with Crippen LogP contribution in [0.4, 0.5) is 4.79 Å². The lowest BCUT2D eigenvalue weighted by Gasteiger charge is -2.29. The number of amides is 1. The van der Waals surface area contributed by atoms with Crippen LogP contribution in [0.1, 0.15) is 25.7 Å². The molecule has 1 heterocycles. The summed E-state index contributed by atoms with van der Waals surface area (Å²) in [6.07, 6.45) is 3.43. The molecular weight excluding hydrogens is 190 g/mol. The molecule has 1 rings (SSSR count). The van der Waals surface area contributed by atoms with E-state index in [4.69, 9.17) is 16.7 Å². The van der Waals surface area contributed by atoms with E-state index < -0.39 is 6.09 Å². The van der Waals surface area contributed by atoms with Gasteiger partial charge in [-0.2, -0.15) is 0 Å². The average Bonchev–Trinajstić information content (AvgIpc) is 2.15. The topological polar surface area (TPSA) is 40.5 Å². The SMILES string of the molecule is O=C(O)N1CCC(CCCCl)CC1. The van der Waals surface area contributed by atoms with Crippen molar-refractivity contribution in [1.29, 1.82) is 0 Å². The van der Waals surface area contributed by atoms with Gasteiger partial charge in [-0.25, -0.2) is 4.79 Å². The van der Waals surface area contributed by atoms with E-state index in [1.165, 1.54) is 4.90 Å². The number of halogens is 1. The highest BCUT2D eigenvalue weighted by Crippen LogP contribution is 2.21. The quantitative estimate of drug-likeness (QED) is 0.719. The van der Waals surface area contributed by atoms with Crippen LogP contribution in [0.5, 0.6) is 0 Å². The Morgan fingerprint density at radius 3 is 2.54 bits per heavy atom. The van der Waals surface area contributed by atoms with Crippen LogP contribution in [0.3, 0.4) is 0 Å². The van der Waals surface area contributed by atoms with E-state index in [9.17, 15) is 4.79 Å². The van der Waals surface area contributed by atoms with E-state index in [0.717, 1.165) is 31.6 Å². The largest absolute Gasteiger partial charge is 0.465 e. The zero-order valence-electron chi connectivity index (χ0n) is 7.71. The minimum absolute atomic E-state index is 0.689. The molecule has 0 aromatic rings. The monoisotopic (exact) mass is 205 g/mol. The summed E-state index contributed by atoms with van der Waals surface area (Å²) in [5.41, 5.74) is 0. The molecule has 1 saturated heterocycles. The van der Waals surface area contributed by atoms with Gasteiger partial charge in [0.1, 0.15) is 0 Å². The third-order valence-electron chi connectivity index (χ3n) is 2.63. The summed E-state index contributed by atoms with van der Waals surface area (Å²) in [7, 11) is 0. The van der Waals surface area contributed by atoms with Crippen molar-refractivity contribution in [2.75, 3.05) is 19.0 Å². The van der Waals surface area contributed by atoms with Crippen LogP contribution in [-0.2, 0) is 0 Å². The second kappa shape index (κ2) is 5.32. The van der Waals surface area contributed by atoms with Gasteiger partial charge < -0.3 is 10.0 Å². The van der Waals surface area contributed by atoms with E-state index in [1.807, 2.05) is 0 Å². The highest BCUT2D eigenvalue weighted by Gasteiger charge is 2.21. The fourth-order valence-corrected chi connectivity index (χ4v) is 1.93. The van der Waals surface area contributed by atoms with Crippen LogP contribution in [0.25, 0.3) is 0 Å². The van der Waals surface area contributed by atoms with E-state index >= 15 is 0 Å². The summed E-state index contributed by atoms with van der Waals surface area (Å²) in [6, 6.07) is 0. The summed E-state index contributed by atoms with van der Waals surface area (Å²) >= 11 is 5.60. The molecule has 0 unspecified atom stereocenters. The van der Waals surface area contributed by atoms with Crippen LogP contribution in [0.2, 0.25) is 0 Å². The Hall–Kier alpha value is -0.440. The first-order valence-electron chi connectivity index (χ1n) is 4.78. The first-order chi connectivity index (χ1) is 6.24. The van der Waals surface area contributed by atoms with Crippen LogP contribution in [0, 0.1) is 5.92 Å². The van der Waals surface area contributed by atoms with Gasteiger partial charge in [0.05, 0.1) is 0 Å². The molecule has 1 amide bonds. The number of hydrogen-bond donors (Lipinski definition) is 1. The molecule has 1 aliphatic rings. The number of hydrogen-bond acceptors (Lipinski definition) is 1. The summed E-state index contributed by atoms with van der Waals surface area (Å²) in [5, 5.41) is 8.71. The molecule has 1 N–H and O–H groups in total. The molecule has 0 saturated carbocycles. The lowest BCUT2D eigenvalue weighted by atomic mass is 9.93. The van der Waals surface area contributed by atoms with Gasteiger partial charge in [-0.1, -0.05) is 0 Å². The van der Waals surface area contributed by atoms with Crippen molar-refractivity contribution in [3.8, 4) is 0 Å². The van der Waals surface area contributed by atoms with Crippen molar-refractivity contribution in [1.82, 2.24) is 4.90 Å². The average molecular weight is 206 g/mol. The minimum atomic E-state index is -0.782. The summed E-state index contributed by atoms with van der Waals surface area (Å²) in [5.74, 6) is 1.41. The molecule has 0 aromatic heterocycles. The predicted molar refractivity (Wildman–Crippen MR) is 52.3 cm³/mol. The highest BCUT2D eigenvalue weighted by atomic mass is 35.5. The number of likely N-dealkylation sites (tertiary alicyclic amines) is 1. The smallest absolute Gasteiger partial charge is 0.407 e. The third kappa shape index (κ3) is 3.43. The Balaban J connectivity index is 2.18. The maximum atomic E-state index is 10.6. The van der Waals surface area contributed by atoms with Gasteiger partial charge in [-0.05, 0) is 31.6 Å². The molecule has 0 aromatic carbocycles. The van der Waals surface area contributed by atoms with Crippen molar-refractivity contribution in [2.45, 2.75) is 25.7 Å². The molecule has 1 aliphatic heterocycles. The fraction of sp³-hybridized carbons (Fsp3) is 0.889. The number of carbonyl (C=O) groups is 1. The number of piperidine rings is 1. The first-order valence-corrected chi connectivity index (χ1v) is 5.31. The Bertz CT molecular complexity index is 167. The predicted octanol–water partition coefficient (Wildman–Crippen LogP) is 2.40. The Kier molecular flexibility index (Phi) is 4.36. The van der Waals surface area contributed by atoms with Crippen molar-refractivity contribution >= 4 is 17.7 Å². The molecule has 0 spiro atoms. The van der Waals surface area contributed by atoms with E-state index in [-0.39, 0.29) is 0 Å². The van der Waals surface area contributed by atoms with Crippen LogP contribution in [0.15, 0.2) is 0 Å². The molecule has 4 heteroatoms. The van der Waals surface area contributed by atoms with E-state index in [2.05, 4.69) is 0 Å². The summed E-state index contributed by atoms with van der Waals surface area (Å²) in [4.78, 5) is 12.1. The van der Waals surface area contributed by atoms with Crippen LogP contribution in [-0.4, -0.2) is 35.1 Å². The molecule has 13 heavy (non-hydrogen) atoms. The van der Waals surface area contributed by atoms with E-state index in [1.54, 1.807) is 0 Å². The number of rotatable bonds is 3. The van der Waals surface area contributed by atoms with Gasteiger partial charge in [0, 0.05) is 19.0 Å². The molecule has 0 bridgehead atoms. The summed E-state index contributed by atoms with van der Waals surface area (Å²) < 4.78 is 0.